The molecule has 1 heterocycles. The van der Waals surface area contributed by atoms with Crippen LogP contribution in [-0.4, -0.2) is 28.3 Å². The molecule has 1 aromatic rings. The van der Waals surface area contributed by atoms with Gasteiger partial charge in [0.1, 0.15) is 10.6 Å². The summed E-state index contributed by atoms with van der Waals surface area (Å²) >= 11 is 1.61. The Labute approximate surface area is 94.1 Å². The molecule has 1 unspecified atom stereocenters. The lowest BCUT2D eigenvalue weighted by molar-refractivity contribution is 0.479. The Morgan fingerprint density at radius 2 is 2.40 bits per heavy atom. The fourth-order valence-corrected chi connectivity index (χ4v) is 1.95. The summed E-state index contributed by atoms with van der Waals surface area (Å²) in [5.41, 5.74) is -0.449. The van der Waals surface area contributed by atoms with Crippen molar-refractivity contribution in [1.29, 1.82) is 5.26 Å². The number of aromatic nitrogens is 2. The Kier molecular flexibility index (Phi) is 4.53. The third kappa shape index (κ3) is 3.86. The van der Waals surface area contributed by atoms with Crippen molar-refractivity contribution >= 4 is 11.8 Å². The van der Waals surface area contributed by atoms with Gasteiger partial charge in [-0.05, 0) is 20.4 Å². The van der Waals surface area contributed by atoms with Crippen LogP contribution in [0.15, 0.2) is 23.6 Å². The number of rotatable bonds is 5. The summed E-state index contributed by atoms with van der Waals surface area (Å²) in [6, 6.07) is 2.25. The number of thioether (sulfide) groups is 1. The first kappa shape index (κ1) is 12.0. The zero-order chi connectivity index (χ0) is 11.1. The highest BCUT2D eigenvalue weighted by Gasteiger charge is 2.20. The highest BCUT2D eigenvalue weighted by atomic mass is 32.2. The summed E-state index contributed by atoms with van der Waals surface area (Å²) in [7, 11) is 1.80. The molecule has 0 amide bonds. The van der Waals surface area contributed by atoms with Crippen LogP contribution >= 0.6 is 11.8 Å². The summed E-state index contributed by atoms with van der Waals surface area (Å²) in [6.45, 7) is 1.89. The average molecular weight is 222 g/mol. The largest absolute Gasteiger partial charge is 0.303 e. The van der Waals surface area contributed by atoms with E-state index >= 15 is 0 Å². The maximum Gasteiger partial charge on any atom is 0.114 e. The van der Waals surface area contributed by atoms with Crippen molar-refractivity contribution in [2.24, 2.45) is 0 Å². The maximum absolute atomic E-state index is 8.93. The SMILES string of the molecule is CNC(C)(C#N)CCSc1cnccn1. The third-order valence-electron chi connectivity index (χ3n) is 2.19. The summed E-state index contributed by atoms with van der Waals surface area (Å²) in [5, 5.41) is 12.8. The molecule has 1 atom stereocenters. The molecule has 80 valence electrons. The summed E-state index contributed by atoms with van der Waals surface area (Å²) in [4.78, 5) is 8.12. The van der Waals surface area contributed by atoms with Gasteiger partial charge in [-0.25, -0.2) is 4.98 Å². The normalized spacial score (nSPS) is 14.2. The topological polar surface area (TPSA) is 61.6 Å². The van der Waals surface area contributed by atoms with E-state index in [2.05, 4.69) is 21.4 Å². The van der Waals surface area contributed by atoms with Crippen LogP contribution in [0.1, 0.15) is 13.3 Å². The standard InChI is InChI=1S/C10H14N4S/c1-10(8-11,12-2)3-6-15-9-7-13-4-5-14-9/h4-5,7,12H,3,6H2,1-2H3. The van der Waals surface area contributed by atoms with Gasteiger partial charge in [0.05, 0.1) is 12.3 Å². The van der Waals surface area contributed by atoms with E-state index in [0.717, 1.165) is 17.2 Å². The van der Waals surface area contributed by atoms with E-state index in [9.17, 15) is 0 Å². The van der Waals surface area contributed by atoms with E-state index in [1.807, 2.05) is 6.92 Å². The van der Waals surface area contributed by atoms with Gasteiger partial charge in [0.15, 0.2) is 0 Å². The molecular formula is C10H14N4S. The number of hydrogen-bond donors (Lipinski definition) is 1. The summed E-state index contributed by atoms with van der Waals surface area (Å²) < 4.78 is 0. The number of nitrogens with one attached hydrogen (secondary N) is 1. The molecule has 0 spiro atoms. The van der Waals surface area contributed by atoms with Crippen molar-refractivity contribution in [2.45, 2.75) is 23.9 Å². The van der Waals surface area contributed by atoms with Crippen LogP contribution in [0.3, 0.4) is 0 Å². The Bertz CT molecular complexity index is 335. The molecule has 15 heavy (non-hydrogen) atoms. The monoisotopic (exact) mass is 222 g/mol. The van der Waals surface area contributed by atoms with Crippen molar-refractivity contribution in [3.8, 4) is 6.07 Å². The zero-order valence-corrected chi connectivity index (χ0v) is 9.71. The lowest BCUT2D eigenvalue weighted by Gasteiger charge is -2.19. The maximum atomic E-state index is 8.93. The summed E-state index contributed by atoms with van der Waals surface area (Å²) in [6.07, 6.45) is 5.83. The fraction of sp³-hybridized carbons (Fsp3) is 0.500. The zero-order valence-electron chi connectivity index (χ0n) is 8.90. The first-order valence-electron chi connectivity index (χ1n) is 4.69. The minimum Gasteiger partial charge on any atom is -0.303 e. The second-order valence-corrected chi connectivity index (χ2v) is 4.45. The lowest BCUT2D eigenvalue weighted by Crippen LogP contribution is -2.38. The molecule has 5 heteroatoms. The van der Waals surface area contributed by atoms with E-state index < -0.39 is 5.54 Å². The van der Waals surface area contributed by atoms with Crippen molar-refractivity contribution in [3.05, 3.63) is 18.6 Å². The molecule has 0 aromatic carbocycles. The number of nitriles is 1. The molecule has 0 aliphatic carbocycles. The molecule has 0 bridgehead atoms. The molecule has 0 radical (unpaired) electrons. The van der Waals surface area contributed by atoms with E-state index in [-0.39, 0.29) is 0 Å². The highest BCUT2D eigenvalue weighted by molar-refractivity contribution is 7.99. The third-order valence-corrected chi connectivity index (χ3v) is 3.10. The molecular weight excluding hydrogens is 208 g/mol. The van der Waals surface area contributed by atoms with Crippen LogP contribution in [-0.2, 0) is 0 Å². The average Bonchev–Trinajstić information content (AvgIpc) is 2.30. The Morgan fingerprint density at radius 1 is 1.60 bits per heavy atom. The van der Waals surface area contributed by atoms with Gasteiger partial charge in [-0.3, -0.25) is 4.98 Å². The highest BCUT2D eigenvalue weighted by Crippen LogP contribution is 2.18. The Morgan fingerprint density at radius 3 is 2.93 bits per heavy atom. The van der Waals surface area contributed by atoms with Gasteiger partial charge >= 0.3 is 0 Å². The molecule has 0 aliphatic rings. The minimum absolute atomic E-state index is 0.449. The predicted molar refractivity (Wildman–Crippen MR) is 60.5 cm³/mol. The van der Waals surface area contributed by atoms with E-state index in [0.29, 0.717) is 0 Å². The van der Waals surface area contributed by atoms with Gasteiger partial charge in [0.2, 0.25) is 0 Å². The molecule has 0 fully saturated rings. The van der Waals surface area contributed by atoms with Gasteiger partial charge in [-0.1, -0.05) is 0 Å². The Hall–Kier alpha value is -1.12. The van der Waals surface area contributed by atoms with E-state index in [1.165, 1.54) is 0 Å². The van der Waals surface area contributed by atoms with Crippen molar-refractivity contribution in [2.75, 3.05) is 12.8 Å². The van der Waals surface area contributed by atoms with E-state index in [4.69, 9.17) is 5.26 Å². The minimum atomic E-state index is -0.449. The molecule has 0 aliphatic heterocycles. The van der Waals surface area contributed by atoms with Gasteiger partial charge in [0, 0.05) is 18.1 Å². The molecule has 1 rings (SSSR count). The quantitative estimate of drug-likeness (QED) is 0.764. The molecule has 1 aromatic heterocycles. The number of hydrogen-bond acceptors (Lipinski definition) is 5. The smallest absolute Gasteiger partial charge is 0.114 e. The van der Waals surface area contributed by atoms with Crippen molar-refractivity contribution in [1.82, 2.24) is 15.3 Å². The van der Waals surface area contributed by atoms with Crippen LogP contribution in [0.5, 0.6) is 0 Å². The van der Waals surface area contributed by atoms with Crippen LogP contribution in [0.2, 0.25) is 0 Å². The van der Waals surface area contributed by atoms with Crippen molar-refractivity contribution < 1.29 is 0 Å². The van der Waals surface area contributed by atoms with E-state index in [1.54, 1.807) is 37.4 Å². The first-order valence-corrected chi connectivity index (χ1v) is 5.68. The van der Waals surface area contributed by atoms with Crippen molar-refractivity contribution in [3.63, 3.8) is 0 Å². The molecule has 1 N–H and O–H groups in total. The fourth-order valence-electron chi connectivity index (χ4n) is 0.956. The Balaban J connectivity index is 2.37. The van der Waals surface area contributed by atoms with Crippen LogP contribution in [0, 0.1) is 11.3 Å². The first-order chi connectivity index (χ1) is 7.20. The lowest BCUT2D eigenvalue weighted by atomic mass is 10.0. The van der Waals surface area contributed by atoms with Crippen LogP contribution in [0.4, 0.5) is 0 Å². The van der Waals surface area contributed by atoms with Gasteiger partial charge < -0.3 is 5.32 Å². The van der Waals surface area contributed by atoms with Gasteiger partial charge in [0.25, 0.3) is 0 Å². The van der Waals surface area contributed by atoms with Crippen LogP contribution < -0.4 is 5.32 Å². The second-order valence-electron chi connectivity index (χ2n) is 3.34. The predicted octanol–water partition coefficient (Wildman–Crippen LogP) is 1.46. The van der Waals surface area contributed by atoms with Gasteiger partial charge in [-0.15, -0.1) is 11.8 Å². The molecule has 4 nitrogen and oxygen atoms in total. The molecule has 0 saturated carbocycles. The van der Waals surface area contributed by atoms with Crippen LogP contribution in [0.25, 0.3) is 0 Å². The number of nitrogens with zero attached hydrogens (tertiary/aromatic N) is 3. The van der Waals surface area contributed by atoms with Gasteiger partial charge in [-0.2, -0.15) is 5.26 Å². The second kappa shape index (κ2) is 5.69. The molecule has 0 saturated heterocycles. The summed E-state index contributed by atoms with van der Waals surface area (Å²) in [5.74, 6) is 0.851.